The number of hydrogen-bond acceptors (Lipinski definition) is 4. The monoisotopic (exact) mass is 280 g/mol. The molecule has 2 rings (SSSR count). The molecule has 0 radical (unpaired) electrons. The Morgan fingerprint density at radius 2 is 2.32 bits per heavy atom. The lowest BCUT2D eigenvalue weighted by atomic mass is 10.2. The Hall–Kier alpha value is -1.20. The number of rotatable bonds is 5. The van der Waals surface area contributed by atoms with E-state index in [2.05, 4.69) is 29.3 Å². The first-order valence-corrected chi connectivity index (χ1v) is 7.35. The Balaban J connectivity index is 1.98. The highest BCUT2D eigenvalue weighted by molar-refractivity contribution is 8.00. The van der Waals surface area contributed by atoms with Crippen molar-refractivity contribution in [3.05, 3.63) is 24.3 Å². The second kappa shape index (κ2) is 6.82. The summed E-state index contributed by atoms with van der Waals surface area (Å²) >= 11 is 1.87. The number of hydrogen-bond donors (Lipinski definition) is 1. The van der Waals surface area contributed by atoms with Gasteiger partial charge in [0, 0.05) is 30.3 Å². The third-order valence-electron chi connectivity index (χ3n) is 2.97. The Morgan fingerprint density at radius 3 is 3.11 bits per heavy atom. The lowest BCUT2D eigenvalue weighted by molar-refractivity contribution is -0.119. The molecular weight excluding hydrogens is 260 g/mol. The fraction of sp³-hybridized carbons (Fsp3) is 0.500. The van der Waals surface area contributed by atoms with Crippen molar-refractivity contribution in [2.24, 2.45) is 0 Å². The Labute approximate surface area is 118 Å². The van der Waals surface area contributed by atoms with Gasteiger partial charge in [-0.15, -0.1) is 11.8 Å². The van der Waals surface area contributed by atoms with Crippen LogP contribution in [0.1, 0.15) is 6.92 Å². The quantitative estimate of drug-likeness (QED) is 0.834. The van der Waals surface area contributed by atoms with Crippen molar-refractivity contribution < 1.29 is 9.53 Å². The van der Waals surface area contributed by atoms with Crippen LogP contribution < -0.4 is 10.2 Å². The average Bonchev–Trinajstić information content (AvgIpc) is 2.39. The number of methoxy groups -OCH3 is 1. The summed E-state index contributed by atoms with van der Waals surface area (Å²) in [5.74, 6) is 0.0472. The summed E-state index contributed by atoms with van der Waals surface area (Å²) < 4.78 is 4.92. The van der Waals surface area contributed by atoms with E-state index < -0.39 is 0 Å². The van der Waals surface area contributed by atoms with Crippen LogP contribution in [0, 0.1) is 0 Å². The molecule has 1 aliphatic rings. The molecule has 0 aliphatic carbocycles. The maximum absolute atomic E-state index is 11.9. The zero-order valence-corrected chi connectivity index (χ0v) is 12.2. The van der Waals surface area contributed by atoms with Crippen molar-refractivity contribution in [3.63, 3.8) is 0 Å². The molecule has 0 aromatic heterocycles. The van der Waals surface area contributed by atoms with Gasteiger partial charge in [-0.05, 0) is 12.1 Å². The SMILES string of the molecule is COCCNC(=O)CN1CC(C)Sc2ccccc21. The van der Waals surface area contributed by atoms with Crippen molar-refractivity contribution in [2.75, 3.05) is 38.3 Å². The Morgan fingerprint density at radius 1 is 1.53 bits per heavy atom. The van der Waals surface area contributed by atoms with Gasteiger partial charge in [0.25, 0.3) is 0 Å². The Bertz CT molecular complexity index is 439. The van der Waals surface area contributed by atoms with Crippen LogP contribution in [0.4, 0.5) is 5.69 Å². The standard InChI is InChI=1S/C14H20N2O2S/c1-11-9-16(10-14(17)15-7-8-18-2)12-5-3-4-6-13(12)19-11/h3-6,11H,7-10H2,1-2H3,(H,15,17). The summed E-state index contributed by atoms with van der Waals surface area (Å²) in [5, 5.41) is 3.37. The molecule has 0 saturated heterocycles. The second-order valence-corrected chi connectivity index (χ2v) is 6.10. The predicted octanol–water partition coefficient (Wildman–Crippen LogP) is 1.75. The molecule has 1 aromatic rings. The molecule has 4 nitrogen and oxygen atoms in total. The van der Waals surface area contributed by atoms with E-state index in [0.29, 0.717) is 24.9 Å². The van der Waals surface area contributed by atoms with Crippen LogP contribution in [0.5, 0.6) is 0 Å². The summed E-state index contributed by atoms with van der Waals surface area (Å²) in [7, 11) is 1.63. The smallest absolute Gasteiger partial charge is 0.239 e. The van der Waals surface area contributed by atoms with Gasteiger partial charge in [0.2, 0.25) is 5.91 Å². The van der Waals surface area contributed by atoms with Crippen LogP contribution in [0.25, 0.3) is 0 Å². The van der Waals surface area contributed by atoms with Crippen LogP contribution in [0.2, 0.25) is 0 Å². The number of benzene rings is 1. The maximum Gasteiger partial charge on any atom is 0.239 e. The minimum absolute atomic E-state index is 0.0472. The van der Waals surface area contributed by atoms with Crippen molar-refractivity contribution in [2.45, 2.75) is 17.1 Å². The van der Waals surface area contributed by atoms with Crippen LogP contribution in [0.3, 0.4) is 0 Å². The lowest BCUT2D eigenvalue weighted by Gasteiger charge is -2.33. The van der Waals surface area contributed by atoms with Crippen molar-refractivity contribution in [1.29, 1.82) is 0 Å². The van der Waals surface area contributed by atoms with Gasteiger partial charge in [-0.3, -0.25) is 4.79 Å². The summed E-state index contributed by atoms with van der Waals surface area (Å²) in [6.45, 7) is 4.62. The fourth-order valence-electron chi connectivity index (χ4n) is 2.15. The van der Waals surface area contributed by atoms with E-state index in [1.165, 1.54) is 4.90 Å². The zero-order chi connectivity index (χ0) is 13.7. The number of anilines is 1. The molecule has 5 heteroatoms. The van der Waals surface area contributed by atoms with Gasteiger partial charge in [0.15, 0.2) is 0 Å². The van der Waals surface area contributed by atoms with Gasteiger partial charge in [0.05, 0.1) is 18.8 Å². The van der Waals surface area contributed by atoms with E-state index in [4.69, 9.17) is 4.74 Å². The van der Waals surface area contributed by atoms with Crippen molar-refractivity contribution in [1.82, 2.24) is 5.32 Å². The number of ether oxygens (including phenoxy) is 1. The molecule has 1 N–H and O–H groups in total. The minimum atomic E-state index is 0.0472. The molecule has 1 unspecified atom stereocenters. The number of carbonyl (C=O) groups is 1. The molecule has 0 saturated carbocycles. The first-order chi connectivity index (χ1) is 9.20. The first-order valence-electron chi connectivity index (χ1n) is 6.47. The topological polar surface area (TPSA) is 41.6 Å². The molecule has 1 atom stereocenters. The van der Waals surface area contributed by atoms with Crippen LogP contribution >= 0.6 is 11.8 Å². The molecule has 0 fully saturated rings. The third kappa shape index (κ3) is 3.88. The number of nitrogens with zero attached hydrogens (tertiary/aromatic N) is 1. The summed E-state index contributed by atoms with van der Waals surface area (Å²) in [4.78, 5) is 15.3. The summed E-state index contributed by atoms with van der Waals surface area (Å²) in [6.07, 6.45) is 0. The van der Waals surface area contributed by atoms with Crippen LogP contribution in [-0.2, 0) is 9.53 Å². The maximum atomic E-state index is 11.9. The zero-order valence-electron chi connectivity index (χ0n) is 11.4. The molecule has 1 amide bonds. The van der Waals surface area contributed by atoms with Crippen LogP contribution in [-0.4, -0.2) is 44.5 Å². The van der Waals surface area contributed by atoms with E-state index in [1.807, 2.05) is 23.9 Å². The average molecular weight is 280 g/mol. The number of fused-ring (bicyclic) bond motifs is 1. The number of carbonyl (C=O) groups excluding carboxylic acids is 1. The summed E-state index contributed by atoms with van der Waals surface area (Å²) in [6, 6.07) is 8.26. The molecule has 0 bridgehead atoms. The van der Waals surface area contributed by atoms with E-state index in [0.717, 1.165) is 12.2 Å². The van der Waals surface area contributed by atoms with Gasteiger partial charge in [-0.25, -0.2) is 0 Å². The number of thioether (sulfide) groups is 1. The molecule has 19 heavy (non-hydrogen) atoms. The van der Waals surface area contributed by atoms with Gasteiger partial charge >= 0.3 is 0 Å². The second-order valence-electron chi connectivity index (χ2n) is 4.62. The number of nitrogens with one attached hydrogen (secondary N) is 1. The van der Waals surface area contributed by atoms with Gasteiger partial charge < -0.3 is 15.0 Å². The molecule has 0 spiro atoms. The minimum Gasteiger partial charge on any atom is -0.383 e. The first kappa shape index (κ1) is 14.2. The van der Waals surface area contributed by atoms with Gasteiger partial charge in [-0.2, -0.15) is 0 Å². The highest BCUT2D eigenvalue weighted by Crippen LogP contribution is 2.37. The summed E-state index contributed by atoms with van der Waals surface area (Å²) in [5.41, 5.74) is 1.16. The molecule has 1 heterocycles. The van der Waals surface area contributed by atoms with Crippen LogP contribution in [0.15, 0.2) is 29.2 Å². The van der Waals surface area contributed by atoms with Crippen molar-refractivity contribution >= 4 is 23.4 Å². The molecule has 1 aromatic carbocycles. The Kier molecular flexibility index (Phi) is 5.10. The number of para-hydroxylation sites is 1. The molecular formula is C14H20N2O2S. The normalized spacial score (nSPS) is 18.0. The predicted molar refractivity (Wildman–Crippen MR) is 78.9 cm³/mol. The highest BCUT2D eigenvalue weighted by Gasteiger charge is 2.23. The highest BCUT2D eigenvalue weighted by atomic mass is 32.2. The molecule has 104 valence electrons. The van der Waals surface area contributed by atoms with Gasteiger partial charge in [-0.1, -0.05) is 19.1 Å². The van der Waals surface area contributed by atoms with Gasteiger partial charge in [0.1, 0.15) is 0 Å². The van der Waals surface area contributed by atoms with Crippen molar-refractivity contribution in [3.8, 4) is 0 Å². The van der Waals surface area contributed by atoms with E-state index in [9.17, 15) is 4.79 Å². The number of amides is 1. The third-order valence-corrected chi connectivity index (χ3v) is 4.13. The lowest BCUT2D eigenvalue weighted by Crippen LogP contribution is -2.42. The fourth-order valence-corrected chi connectivity index (χ4v) is 3.32. The van der Waals surface area contributed by atoms with E-state index in [-0.39, 0.29) is 5.91 Å². The largest absolute Gasteiger partial charge is 0.383 e. The van der Waals surface area contributed by atoms with E-state index in [1.54, 1.807) is 7.11 Å². The molecule has 1 aliphatic heterocycles. The van der Waals surface area contributed by atoms with E-state index >= 15 is 0 Å².